The SMILES string of the molecule is Cc1ccc2nnn(C)c2c1[N+](=O)[O-]. The number of hydrogen-bond donors (Lipinski definition) is 0. The van der Waals surface area contributed by atoms with Gasteiger partial charge in [-0.3, -0.25) is 10.1 Å². The van der Waals surface area contributed by atoms with E-state index in [0.717, 1.165) is 0 Å². The van der Waals surface area contributed by atoms with Crippen molar-refractivity contribution >= 4 is 16.7 Å². The zero-order valence-electron chi connectivity index (χ0n) is 7.76. The van der Waals surface area contributed by atoms with Gasteiger partial charge in [0.1, 0.15) is 5.52 Å². The van der Waals surface area contributed by atoms with Crippen molar-refractivity contribution in [1.82, 2.24) is 15.0 Å². The third kappa shape index (κ3) is 1.04. The highest BCUT2D eigenvalue weighted by molar-refractivity contribution is 5.85. The Bertz CT molecular complexity index is 517. The van der Waals surface area contributed by atoms with E-state index in [2.05, 4.69) is 10.3 Å². The minimum atomic E-state index is -0.402. The molecule has 0 saturated carbocycles. The first-order valence-electron chi connectivity index (χ1n) is 4.04. The van der Waals surface area contributed by atoms with Crippen LogP contribution in [0.1, 0.15) is 5.56 Å². The monoisotopic (exact) mass is 192 g/mol. The van der Waals surface area contributed by atoms with Crippen LogP contribution in [0.5, 0.6) is 0 Å². The topological polar surface area (TPSA) is 73.8 Å². The van der Waals surface area contributed by atoms with Gasteiger partial charge in [0, 0.05) is 12.6 Å². The van der Waals surface area contributed by atoms with Gasteiger partial charge in [-0.2, -0.15) is 0 Å². The fourth-order valence-corrected chi connectivity index (χ4v) is 1.46. The fraction of sp³-hybridized carbons (Fsp3) is 0.250. The summed E-state index contributed by atoms with van der Waals surface area (Å²) in [6, 6.07) is 3.40. The molecule has 0 aliphatic heterocycles. The molecule has 6 nitrogen and oxygen atoms in total. The van der Waals surface area contributed by atoms with Crippen molar-refractivity contribution in [2.45, 2.75) is 6.92 Å². The second-order valence-corrected chi connectivity index (χ2v) is 3.07. The van der Waals surface area contributed by atoms with Crippen molar-refractivity contribution in [3.05, 3.63) is 27.8 Å². The van der Waals surface area contributed by atoms with Crippen LogP contribution in [0.3, 0.4) is 0 Å². The highest BCUT2D eigenvalue weighted by Gasteiger charge is 2.19. The maximum Gasteiger partial charge on any atom is 0.299 e. The van der Waals surface area contributed by atoms with E-state index in [0.29, 0.717) is 16.6 Å². The third-order valence-corrected chi connectivity index (χ3v) is 2.12. The largest absolute Gasteiger partial charge is 0.299 e. The molecule has 0 bridgehead atoms. The van der Waals surface area contributed by atoms with Gasteiger partial charge in [0.05, 0.1) is 4.92 Å². The summed E-state index contributed by atoms with van der Waals surface area (Å²) in [6.07, 6.45) is 0. The molecule has 1 heterocycles. The van der Waals surface area contributed by atoms with Gasteiger partial charge in [-0.05, 0) is 13.0 Å². The number of benzene rings is 1. The van der Waals surface area contributed by atoms with Crippen molar-refractivity contribution < 1.29 is 4.92 Å². The molecule has 0 N–H and O–H groups in total. The molecule has 0 radical (unpaired) electrons. The third-order valence-electron chi connectivity index (χ3n) is 2.12. The molecule has 0 spiro atoms. The number of aromatic nitrogens is 3. The molecule has 0 aliphatic carbocycles. The number of rotatable bonds is 1. The highest BCUT2D eigenvalue weighted by Crippen LogP contribution is 2.26. The van der Waals surface area contributed by atoms with Gasteiger partial charge >= 0.3 is 0 Å². The van der Waals surface area contributed by atoms with Crippen LogP contribution < -0.4 is 0 Å². The first kappa shape index (κ1) is 8.61. The van der Waals surface area contributed by atoms with Crippen LogP contribution in [0.15, 0.2) is 12.1 Å². The van der Waals surface area contributed by atoms with Crippen LogP contribution in [0.25, 0.3) is 11.0 Å². The molecule has 72 valence electrons. The molecular formula is C8H8N4O2. The lowest BCUT2D eigenvalue weighted by atomic mass is 10.2. The van der Waals surface area contributed by atoms with E-state index >= 15 is 0 Å². The molecule has 14 heavy (non-hydrogen) atoms. The first-order chi connectivity index (χ1) is 6.61. The minimum Gasteiger partial charge on any atom is -0.258 e. The predicted molar refractivity (Wildman–Crippen MR) is 49.9 cm³/mol. The Labute approximate surface area is 79.3 Å². The van der Waals surface area contributed by atoms with E-state index < -0.39 is 4.92 Å². The van der Waals surface area contributed by atoms with E-state index in [1.807, 2.05) is 0 Å². The van der Waals surface area contributed by atoms with Crippen LogP contribution >= 0.6 is 0 Å². The van der Waals surface area contributed by atoms with Gasteiger partial charge in [-0.25, -0.2) is 4.68 Å². The van der Waals surface area contributed by atoms with E-state index in [9.17, 15) is 10.1 Å². The molecule has 0 aliphatic rings. The molecule has 2 rings (SSSR count). The number of aryl methyl sites for hydroxylation is 2. The second-order valence-electron chi connectivity index (χ2n) is 3.07. The normalized spacial score (nSPS) is 10.7. The van der Waals surface area contributed by atoms with Crippen molar-refractivity contribution in [3.8, 4) is 0 Å². The maximum absolute atomic E-state index is 10.8. The summed E-state index contributed by atoms with van der Waals surface area (Å²) in [7, 11) is 1.64. The Morgan fingerprint density at radius 3 is 2.86 bits per heavy atom. The van der Waals surface area contributed by atoms with Crippen molar-refractivity contribution in [2.75, 3.05) is 0 Å². The first-order valence-corrected chi connectivity index (χ1v) is 4.04. The molecule has 0 fully saturated rings. The minimum absolute atomic E-state index is 0.0787. The summed E-state index contributed by atoms with van der Waals surface area (Å²) in [5, 5.41) is 18.4. The van der Waals surface area contributed by atoms with Crippen molar-refractivity contribution in [2.24, 2.45) is 7.05 Å². The molecular weight excluding hydrogens is 184 g/mol. The van der Waals surface area contributed by atoms with Crippen molar-refractivity contribution in [3.63, 3.8) is 0 Å². The number of nitrogens with zero attached hydrogens (tertiary/aromatic N) is 4. The van der Waals surface area contributed by atoms with Gasteiger partial charge in [0.2, 0.25) is 0 Å². The lowest BCUT2D eigenvalue weighted by molar-refractivity contribution is -0.383. The fourth-order valence-electron chi connectivity index (χ4n) is 1.46. The summed E-state index contributed by atoms with van der Waals surface area (Å²) in [6.45, 7) is 1.70. The summed E-state index contributed by atoms with van der Waals surface area (Å²) in [5.41, 5.74) is 1.71. The molecule has 6 heteroatoms. The second kappa shape index (κ2) is 2.76. The molecule has 2 aromatic rings. The summed E-state index contributed by atoms with van der Waals surface area (Å²) < 4.78 is 1.42. The Morgan fingerprint density at radius 1 is 1.50 bits per heavy atom. The Kier molecular flexibility index (Phi) is 1.70. The van der Waals surface area contributed by atoms with E-state index in [4.69, 9.17) is 0 Å². The molecule has 0 unspecified atom stereocenters. The lowest BCUT2D eigenvalue weighted by Crippen LogP contribution is -1.97. The Morgan fingerprint density at radius 2 is 2.21 bits per heavy atom. The van der Waals surface area contributed by atoms with Gasteiger partial charge in [-0.1, -0.05) is 11.3 Å². The predicted octanol–water partition coefficient (Wildman–Crippen LogP) is 1.18. The van der Waals surface area contributed by atoms with Gasteiger partial charge in [-0.15, -0.1) is 5.10 Å². The smallest absolute Gasteiger partial charge is 0.258 e. The molecule has 0 atom stereocenters. The average molecular weight is 192 g/mol. The van der Waals surface area contributed by atoms with Gasteiger partial charge in [0.25, 0.3) is 5.69 Å². The highest BCUT2D eigenvalue weighted by atomic mass is 16.6. The van der Waals surface area contributed by atoms with Gasteiger partial charge in [0.15, 0.2) is 5.52 Å². The summed E-state index contributed by atoms with van der Waals surface area (Å²) in [5.74, 6) is 0. The lowest BCUT2D eigenvalue weighted by Gasteiger charge is -1.98. The van der Waals surface area contributed by atoms with Crippen LogP contribution in [-0.4, -0.2) is 19.9 Å². The van der Waals surface area contributed by atoms with E-state index in [-0.39, 0.29) is 5.69 Å². The standard InChI is InChI=1S/C8H8N4O2/c1-5-3-4-6-8(7(5)12(13)14)11(2)10-9-6/h3-4H,1-2H3. The zero-order chi connectivity index (χ0) is 10.3. The van der Waals surface area contributed by atoms with E-state index in [1.54, 1.807) is 26.1 Å². The summed E-state index contributed by atoms with van der Waals surface area (Å²) in [4.78, 5) is 10.4. The average Bonchev–Trinajstić information content (AvgIpc) is 2.47. The number of hydrogen-bond acceptors (Lipinski definition) is 4. The maximum atomic E-state index is 10.8. The molecule has 1 aromatic heterocycles. The van der Waals surface area contributed by atoms with Crippen molar-refractivity contribution in [1.29, 1.82) is 0 Å². The zero-order valence-corrected chi connectivity index (χ0v) is 7.76. The van der Waals surface area contributed by atoms with Crippen LogP contribution in [0.4, 0.5) is 5.69 Å². The molecule has 1 aromatic carbocycles. The van der Waals surface area contributed by atoms with Crippen LogP contribution in [0, 0.1) is 17.0 Å². The molecule has 0 amide bonds. The van der Waals surface area contributed by atoms with Gasteiger partial charge < -0.3 is 0 Å². The number of nitro benzene ring substituents is 1. The quantitative estimate of drug-likeness (QED) is 0.502. The molecule has 0 saturated heterocycles. The summed E-state index contributed by atoms with van der Waals surface area (Å²) >= 11 is 0. The van der Waals surface area contributed by atoms with E-state index in [1.165, 1.54) is 4.68 Å². The Balaban J connectivity index is 2.94. The number of fused-ring (bicyclic) bond motifs is 1. The number of nitro groups is 1. The van der Waals surface area contributed by atoms with Crippen LogP contribution in [0.2, 0.25) is 0 Å². The Hall–Kier alpha value is -1.98. The van der Waals surface area contributed by atoms with Crippen LogP contribution in [-0.2, 0) is 7.05 Å².